The summed E-state index contributed by atoms with van der Waals surface area (Å²) in [6, 6.07) is 94.4. The van der Waals surface area contributed by atoms with E-state index in [2.05, 4.69) is 289 Å². The van der Waals surface area contributed by atoms with Crippen molar-refractivity contribution in [3.63, 3.8) is 0 Å². The molecular formula is C65H49N3. The summed E-state index contributed by atoms with van der Waals surface area (Å²) in [5, 5.41) is 5.33. The van der Waals surface area contributed by atoms with Crippen LogP contribution in [0.15, 0.2) is 261 Å². The van der Waals surface area contributed by atoms with Gasteiger partial charge in [0.25, 0.3) is 0 Å². The van der Waals surface area contributed by atoms with Crippen molar-refractivity contribution in [1.82, 2.24) is 0 Å². The minimum absolute atomic E-state index is 0.137. The van der Waals surface area contributed by atoms with Gasteiger partial charge in [-0.25, -0.2) is 0 Å². The summed E-state index contributed by atoms with van der Waals surface area (Å²) in [4.78, 5) is 7.03. The normalized spacial score (nSPS) is 12.4. The molecule has 11 aromatic rings. The van der Waals surface area contributed by atoms with Gasteiger partial charge in [-0.05, 0) is 164 Å². The van der Waals surface area contributed by atoms with E-state index in [4.69, 9.17) is 0 Å². The summed E-state index contributed by atoms with van der Waals surface area (Å²) in [7, 11) is 0. The Bertz CT molecular complexity index is 3290. The second-order valence-corrected chi connectivity index (χ2v) is 18.2. The maximum Gasteiger partial charge on any atom is 0.0471 e. The highest BCUT2D eigenvalue weighted by Crippen LogP contribution is 2.51. The minimum Gasteiger partial charge on any atom is -0.311 e. The molecule has 0 radical (unpaired) electrons. The van der Waals surface area contributed by atoms with E-state index in [-0.39, 0.29) is 5.41 Å². The smallest absolute Gasteiger partial charge is 0.0471 e. The molecule has 3 nitrogen and oxygen atoms in total. The highest BCUT2D eigenvalue weighted by atomic mass is 15.2. The largest absolute Gasteiger partial charge is 0.311 e. The first-order valence-electron chi connectivity index (χ1n) is 23.5. The number of hydrogen-bond acceptors (Lipinski definition) is 3. The van der Waals surface area contributed by atoms with Gasteiger partial charge in [0.05, 0.1) is 0 Å². The summed E-state index contributed by atoms with van der Waals surface area (Å²) in [5.74, 6) is 0. The van der Waals surface area contributed by atoms with Gasteiger partial charge in [-0.3, -0.25) is 0 Å². The summed E-state index contributed by atoms with van der Waals surface area (Å²) in [6.07, 6.45) is 0. The predicted molar refractivity (Wildman–Crippen MR) is 289 cm³/mol. The molecule has 3 heteroatoms. The van der Waals surface area contributed by atoms with Crippen molar-refractivity contribution in [3.05, 3.63) is 272 Å². The molecule has 0 heterocycles. The van der Waals surface area contributed by atoms with Crippen LogP contribution in [0.1, 0.15) is 25.0 Å². The maximum absolute atomic E-state index is 2.44. The number of para-hydroxylation sites is 4. The van der Waals surface area contributed by atoms with E-state index in [1.54, 1.807) is 0 Å². The van der Waals surface area contributed by atoms with Gasteiger partial charge in [0, 0.05) is 56.6 Å². The molecule has 12 rings (SSSR count). The predicted octanol–water partition coefficient (Wildman–Crippen LogP) is 18.4. The van der Waals surface area contributed by atoms with Gasteiger partial charge in [0.1, 0.15) is 0 Å². The van der Waals surface area contributed by atoms with Crippen LogP contribution in [-0.2, 0) is 5.41 Å². The molecule has 0 amide bonds. The van der Waals surface area contributed by atoms with E-state index in [0.717, 1.165) is 51.2 Å². The molecule has 1 aliphatic carbocycles. The molecule has 324 valence electrons. The Labute approximate surface area is 399 Å². The third kappa shape index (κ3) is 7.26. The van der Waals surface area contributed by atoms with Gasteiger partial charge < -0.3 is 14.7 Å². The third-order valence-corrected chi connectivity index (χ3v) is 13.8. The van der Waals surface area contributed by atoms with Gasteiger partial charge >= 0.3 is 0 Å². The Kier molecular flexibility index (Phi) is 10.2. The molecule has 0 bridgehead atoms. The second-order valence-electron chi connectivity index (χ2n) is 18.2. The Morgan fingerprint density at radius 1 is 0.235 bits per heavy atom. The average molecular weight is 872 g/mol. The van der Waals surface area contributed by atoms with E-state index in [1.165, 1.54) is 54.9 Å². The van der Waals surface area contributed by atoms with E-state index >= 15 is 0 Å². The third-order valence-electron chi connectivity index (χ3n) is 13.8. The average Bonchev–Trinajstić information content (AvgIpc) is 3.64. The quantitative estimate of drug-likeness (QED) is 0.120. The number of nitrogens with zero attached hydrogens (tertiary/aromatic N) is 3. The van der Waals surface area contributed by atoms with E-state index in [1.807, 2.05) is 0 Å². The van der Waals surface area contributed by atoms with Crippen LogP contribution in [0.25, 0.3) is 43.8 Å². The van der Waals surface area contributed by atoms with Crippen molar-refractivity contribution in [2.75, 3.05) is 14.7 Å². The molecule has 0 atom stereocenters. The van der Waals surface area contributed by atoms with Crippen LogP contribution < -0.4 is 14.7 Å². The first kappa shape index (κ1) is 40.8. The fourth-order valence-corrected chi connectivity index (χ4v) is 10.4. The standard InChI is InChI=1S/C65H49N3/c1-65(2)61-25-15-16-50-26-27-51-44-60(45-62(65)64(51)63(50)61)68(58-40-32-48(33-41-58)46-28-36-56(37-29-46)66(52-17-7-3-8-18-52)53-19-9-4-10-20-53)59-42-34-49(35-43-59)47-30-38-57(39-31-47)67(54-21-11-5-12-22-54)55-23-13-6-14-24-55/h3-45H,1-2H3. The van der Waals surface area contributed by atoms with Crippen molar-refractivity contribution in [1.29, 1.82) is 0 Å². The molecular weight excluding hydrogens is 823 g/mol. The fourth-order valence-electron chi connectivity index (χ4n) is 10.4. The molecule has 68 heavy (non-hydrogen) atoms. The first-order valence-corrected chi connectivity index (χ1v) is 23.5. The molecule has 11 aromatic carbocycles. The number of hydrogen-bond donors (Lipinski definition) is 0. The van der Waals surface area contributed by atoms with Crippen LogP contribution in [0.4, 0.5) is 51.2 Å². The second kappa shape index (κ2) is 17.0. The monoisotopic (exact) mass is 871 g/mol. The Balaban J connectivity index is 0.902. The summed E-state index contributed by atoms with van der Waals surface area (Å²) < 4.78 is 0. The zero-order valence-corrected chi connectivity index (χ0v) is 38.2. The number of anilines is 9. The highest BCUT2D eigenvalue weighted by molar-refractivity contribution is 6.16. The van der Waals surface area contributed by atoms with Crippen molar-refractivity contribution < 1.29 is 0 Å². The van der Waals surface area contributed by atoms with E-state index in [9.17, 15) is 0 Å². The SMILES string of the molecule is CC1(C)c2cccc3ccc4cc(N(c5ccc(-c6ccc(N(c7ccccc7)c7ccccc7)cc6)cc5)c5ccc(-c6ccc(N(c7ccccc7)c7ccccc7)cc6)cc5)cc1c4c23. The molecule has 0 spiro atoms. The van der Waals surface area contributed by atoms with Gasteiger partial charge in [-0.15, -0.1) is 0 Å². The lowest BCUT2D eigenvalue weighted by Gasteiger charge is -2.29. The van der Waals surface area contributed by atoms with E-state index < -0.39 is 0 Å². The Hall–Kier alpha value is -8.66. The van der Waals surface area contributed by atoms with E-state index in [0.29, 0.717) is 0 Å². The van der Waals surface area contributed by atoms with Crippen LogP contribution in [0.3, 0.4) is 0 Å². The van der Waals surface area contributed by atoms with Crippen LogP contribution in [0.2, 0.25) is 0 Å². The van der Waals surface area contributed by atoms with Crippen molar-refractivity contribution in [2.24, 2.45) is 0 Å². The van der Waals surface area contributed by atoms with Crippen molar-refractivity contribution >= 4 is 72.7 Å². The molecule has 0 aliphatic heterocycles. The molecule has 0 saturated heterocycles. The molecule has 0 fully saturated rings. The lowest BCUT2D eigenvalue weighted by atomic mass is 9.81. The van der Waals surface area contributed by atoms with Gasteiger partial charge in [-0.1, -0.05) is 166 Å². The van der Waals surface area contributed by atoms with Gasteiger partial charge in [0.2, 0.25) is 0 Å². The van der Waals surface area contributed by atoms with Gasteiger partial charge in [-0.2, -0.15) is 0 Å². The highest BCUT2D eigenvalue weighted by Gasteiger charge is 2.35. The zero-order valence-electron chi connectivity index (χ0n) is 38.2. The van der Waals surface area contributed by atoms with Crippen LogP contribution >= 0.6 is 0 Å². The summed E-state index contributed by atoms with van der Waals surface area (Å²) >= 11 is 0. The lowest BCUT2D eigenvalue weighted by Crippen LogP contribution is -2.17. The Morgan fingerprint density at radius 3 is 0.912 bits per heavy atom. The van der Waals surface area contributed by atoms with Crippen LogP contribution in [-0.4, -0.2) is 0 Å². The maximum atomic E-state index is 2.44. The molecule has 1 aliphatic rings. The van der Waals surface area contributed by atoms with Crippen molar-refractivity contribution in [2.45, 2.75) is 19.3 Å². The lowest BCUT2D eigenvalue weighted by molar-refractivity contribution is 0.663. The zero-order chi connectivity index (χ0) is 45.6. The molecule has 0 aromatic heterocycles. The van der Waals surface area contributed by atoms with Crippen molar-refractivity contribution in [3.8, 4) is 22.3 Å². The molecule has 0 N–H and O–H groups in total. The summed E-state index contributed by atoms with van der Waals surface area (Å²) in [6.45, 7) is 4.76. The van der Waals surface area contributed by atoms with Gasteiger partial charge in [0.15, 0.2) is 0 Å². The topological polar surface area (TPSA) is 9.72 Å². The number of rotatable bonds is 11. The molecule has 0 unspecified atom stereocenters. The summed E-state index contributed by atoms with van der Waals surface area (Å²) in [5.41, 5.74) is 17.4. The Morgan fingerprint density at radius 2 is 0.544 bits per heavy atom. The fraction of sp³-hybridized carbons (Fsp3) is 0.0462. The minimum atomic E-state index is -0.137. The van der Waals surface area contributed by atoms with Crippen LogP contribution in [0, 0.1) is 0 Å². The first-order chi connectivity index (χ1) is 33.5. The van der Waals surface area contributed by atoms with Crippen LogP contribution in [0.5, 0.6) is 0 Å². The molecule has 0 saturated carbocycles. The number of benzene rings is 11.